The number of alkyl halides is 3. The molecule has 0 aliphatic carbocycles. The smallest absolute Gasteiger partial charge is 0.406 e. The summed E-state index contributed by atoms with van der Waals surface area (Å²) in [7, 11) is 1.81. The van der Waals surface area contributed by atoms with Gasteiger partial charge in [-0.3, -0.25) is 9.67 Å². The molecule has 0 fully saturated rings. The van der Waals surface area contributed by atoms with E-state index in [4.69, 9.17) is 0 Å². The third kappa shape index (κ3) is 3.59. The second kappa shape index (κ2) is 6.51. The molecule has 0 bridgehead atoms. The third-order valence-corrected chi connectivity index (χ3v) is 3.90. The van der Waals surface area contributed by atoms with Gasteiger partial charge in [-0.25, -0.2) is 4.52 Å². The van der Waals surface area contributed by atoms with Crippen molar-refractivity contribution in [3.8, 4) is 17.0 Å². The van der Waals surface area contributed by atoms with Crippen molar-refractivity contribution in [1.82, 2.24) is 29.4 Å². The summed E-state index contributed by atoms with van der Waals surface area (Å²) < 4.78 is 44.4. The summed E-state index contributed by atoms with van der Waals surface area (Å²) in [5.41, 5.74) is 2.89. The molecule has 144 valence electrons. The molecule has 0 aliphatic rings. The topological polar surface area (TPSA) is 82.2 Å². The number of nitrogens with one attached hydrogen (secondary N) is 1. The molecule has 0 atom stereocenters. The molecule has 1 N–H and O–H groups in total. The highest BCUT2D eigenvalue weighted by Gasteiger charge is 2.31. The Balaban J connectivity index is 1.63. The Morgan fingerprint density at radius 3 is 2.64 bits per heavy atom. The molecule has 0 saturated carbocycles. The maximum absolute atomic E-state index is 12.4. The van der Waals surface area contributed by atoms with Crippen molar-refractivity contribution < 1.29 is 17.9 Å². The van der Waals surface area contributed by atoms with Gasteiger partial charge in [0, 0.05) is 24.5 Å². The zero-order chi connectivity index (χ0) is 19.9. The number of ether oxygens (including phenoxy) is 1. The first-order valence-corrected chi connectivity index (χ1v) is 8.12. The van der Waals surface area contributed by atoms with Crippen LogP contribution < -0.4 is 10.1 Å². The van der Waals surface area contributed by atoms with Gasteiger partial charge in [-0.2, -0.15) is 10.1 Å². The van der Waals surface area contributed by atoms with Crippen molar-refractivity contribution in [2.45, 2.75) is 13.3 Å². The number of hydrogen-bond donors (Lipinski definition) is 1. The van der Waals surface area contributed by atoms with Gasteiger partial charge in [0.15, 0.2) is 5.65 Å². The lowest BCUT2D eigenvalue weighted by Gasteiger charge is -2.12. The van der Waals surface area contributed by atoms with Crippen LogP contribution in [-0.4, -0.2) is 35.7 Å². The molecule has 0 unspecified atom stereocenters. The number of fused-ring (bicyclic) bond motifs is 1. The summed E-state index contributed by atoms with van der Waals surface area (Å²) in [6.07, 6.45) is 1.99. The van der Waals surface area contributed by atoms with E-state index in [1.807, 2.05) is 6.20 Å². The van der Waals surface area contributed by atoms with Crippen molar-refractivity contribution in [1.29, 1.82) is 0 Å². The summed E-state index contributed by atoms with van der Waals surface area (Å²) in [4.78, 5) is 8.52. The maximum atomic E-state index is 12.4. The molecule has 0 saturated heterocycles. The van der Waals surface area contributed by atoms with Gasteiger partial charge >= 0.3 is 6.36 Å². The summed E-state index contributed by atoms with van der Waals surface area (Å²) in [6, 6.07) is 4.22. The predicted molar refractivity (Wildman–Crippen MR) is 94.1 cm³/mol. The number of nitrogens with zero attached hydrogens (tertiary/aromatic N) is 6. The summed E-state index contributed by atoms with van der Waals surface area (Å²) >= 11 is 0. The molecule has 0 radical (unpaired) electrons. The molecule has 3 heterocycles. The molecule has 11 heteroatoms. The van der Waals surface area contributed by atoms with E-state index in [9.17, 15) is 13.2 Å². The van der Waals surface area contributed by atoms with Crippen LogP contribution in [0.15, 0.2) is 43.0 Å². The van der Waals surface area contributed by atoms with Crippen molar-refractivity contribution in [3.05, 3.63) is 48.5 Å². The van der Waals surface area contributed by atoms with Gasteiger partial charge in [0.25, 0.3) is 0 Å². The molecule has 28 heavy (non-hydrogen) atoms. The van der Waals surface area contributed by atoms with Crippen LogP contribution in [0.4, 0.5) is 24.8 Å². The van der Waals surface area contributed by atoms with E-state index in [1.165, 1.54) is 25.1 Å². The van der Waals surface area contributed by atoms with Crippen LogP contribution in [0.25, 0.3) is 16.9 Å². The van der Waals surface area contributed by atoms with E-state index in [-0.39, 0.29) is 11.7 Å². The Hall–Kier alpha value is -3.63. The second-order valence-electron chi connectivity index (χ2n) is 6.05. The molecule has 8 nitrogen and oxygen atoms in total. The van der Waals surface area contributed by atoms with Gasteiger partial charge in [-0.05, 0) is 30.7 Å². The molecular formula is C17H14F3N7O. The molecule has 0 aliphatic heterocycles. The number of aromatic nitrogens is 6. The Morgan fingerprint density at radius 1 is 1.14 bits per heavy atom. The van der Waals surface area contributed by atoms with E-state index >= 15 is 0 Å². The van der Waals surface area contributed by atoms with E-state index in [0.29, 0.717) is 22.6 Å². The van der Waals surface area contributed by atoms with E-state index < -0.39 is 6.36 Å². The van der Waals surface area contributed by atoms with Crippen molar-refractivity contribution >= 4 is 17.3 Å². The minimum absolute atomic E-state index is 0.260. The lowest BCUT2D eigenvalue weighted by molar-refractivity contribution is -0.274. The normalized spacial score (nSPS) is 11.8. The molecule has 4 rings (SSSR count). The van der Waals surface area contributed by atoms with E-state index in [0.717, 1.165) is 5.56 Å². The summed E-state index contributed by atoms with van der Waals surface area (Å²) in [5, 5.41) is 11.5. The van der Waals surface area contributed by atoms with Gasteiger partial charge in [0.05, 0.1) is 24.3 Å². The van der Waals surface area contributed by atoms with Gasteiger partial charge in [0.1, 0.15) is 5.75 Å². The van der Waals surface area contributed by atoms with Crippen molar-refractivity contribution in [2.75, 3.05) is 5.32 Å². The summed E-state index contributed by atoms with van der Waals surface area (Å²) in [6.45, 7) is 1.52. The lowest BCUT2D eigenvalue weighted by atomic mass is 10.2. The predicted octanol–water partition coefficient (Wildman–Crippen LogP) is 3.48. The largest absolute Gasteiger partial charge is 0.573 e. The van der Waals surface area contributed by atoms with Gasteiger partial charge in [0.2, 0.25) is 5.95 Å². The van der Waals surface area contributed by atoms with Crippen molar-refractivity contribution in [3.63, 3.8) is 0 Å². The molecule has 0 amide bonds. The monoisotopic (exact) mass is 389 g/mol. The van der Waals surface area contributed by atoms with E-state index in [2.05, 4.69) is 30.2 Å². The maximum Gasteiger partial charge on any atom is 0.573 e. The molecule has 4 aromatic rings. The fourth-order valence-corrected chi connectivity index (χ4v) is 2.71. The van der Waals surface area contributed by atoms with Crippen LogP contribution in [0.5, 0.6) is 5.75 Å². The SMILES string of the molecule is Cc1cc(Nc2nc3cncc(-c4cnn(C)c4)n3n2)ccc1OC(F)(F)F. The zero-order valence-corrected chi connectivity index (χ0v) is 14.8. The minimum Gasteiger partial charge on any atom is -0.406 e. The van der Waals surface area contributed by atoms with Crippen molar-refractivity contribution in [2.24, 2.45) is 7.05 Å². The Morgan fingerprint density at radius 2 is 1.96 bits per heavy atom. The first-order valence-electron chi connectivity index (χ1n) is 8.12. The third-order valence-electron chi connectivity index (χ3n) is 3.90. The Kier molecular flexibility index (Phi) is 4.13. The molecular weight excluding hydrogens is 375 g/mol. The molecule has 3 aromatic heterocycles. The Labute approximate surface area is 156 Å². The van der Waals surface area contributed by atoms with Crippen LogP contribution in [-0.2, 0) is 7.05 Å². The van der Waals surface area contributed by atoms with Crippen LogP contribution in [0, 0.1) is 6.92 Å². The van der Waals surface area contributed by atoms with Gasteiger partial charge in [-0.1, -0.05) is 0 Å². The minimum atomic E-state index is -4.74. The highest BCUT2D eigenvalue weighted by atomic mass is 19.4. The quantitative estimate of drug-likeness (QED) is 0.576. The first-order chi connectivity index (χ1) is 13.3. The number of anilines is 2. The fraction of sp³-hybridized carbons (Fsp3) is 0.176. The molecule has 0 spiro atoms. The van der Waals surface area contributed by atoms with Gasteiger partial charge < -0.3 is 10.1 Å². The van der Waals surface area contributed by atoms with Crippen LogP contribution in [0.3, 0.4) is 0 Å². The first kappa shape index (κ1) is 17.8. The van der Waals surface area contributed by atoms with E-state index in [1.54, 1.807) is 34.8 Å². The number of rotatable bonds is 4. The number of hydrogen-bond acceptors (Lipinski definition) is 6. The number of aryl methyl sites for hydroxylation is 2. The fourth-order valence-electron chi connectivity index (χ4n) is 2.71. The van der Waals surface area contributed by atoms with Crippen LogP contribution in [0.1, 0.15) is 5.56 Å². The Bertz CT molecular complexity index is 1150. The zero-order valence-electron chi connectivity index (χ0n) is 14.8. The highest BCUT2D eigenvalue weighted by Crippen LogP contribution is 2.29. The average molecular weight is 389 g/mol. The second-order valence-corrected chi connectivity index (χ2v) is 6.05. The van der Waals surface area contributed by atoms with Crippen LogP contribution in [0.2, 0.25) is 0 Å². The standard InChI is InChI=1S/C17H14F3N7O/c1-10-5-12(3-4-14(10)28-17(18,19)20)23-16-24-15-8-21-7-13(27(15)25-16)11-6-22-26(2)9-11/h3-9H,1-2H3,(H,23,25). The van der Waals surface area contributed by atoms with Gasteiger partial charge in [-0.15, -0.1) is 18.3 Å². The number of benzene rings is 1. The van der Waals surface area contributed by atoms with Crippen LogP contribution >= 0.6 is 0 Å². The lowest BCUT2D eigenvalue weighted by Crippen LogP contribution is -2.17. The highest BCUT2D eigenvalue weighted by molar-refractivity contribution is 5.63. The molecule has 1 aromatic carbocycles. The summed E-state index contributed by atoms with van der Waals surface area (Å²) in [5.74, 6) is 0.0195. The average Bonchev–Trinajstić information content (AvgIpc) is 3.21. The number of halogens is 3.